The monoisotopic (exact) mass is 196 g/mol. The summed E-state index contributed by atoms with van der Waals surface area (Å²) in [5.74, 6) is -0.0426. The number of ether oxygens (including phenoxy) is 2. The molecule has 0 amide bonds. The highest BCUT2D eigenvalue weighted by Gasteiger charge is 2.23. The van der Waals surface area contributed by atoms with E-state index in [1.807, 2.05) is 0 Å². The molecule has 2 rings (SSSR count). The van der Waals surface area contributed by atoms with Crippen LogP contribution in [0, 0.1) is 5.82 Å². The molecule has 0 bridgehead atoms. The van der Waals surface area contributed by atoms with Crippen LogP contribution in [0.15, 0.2) is 18.2 Å². The molecule has 0 aliphatic carbocycles. The van der Waals surface area contributed by atoms with Gasteiger partial charge < -0.3 is 9.47 Å². The van der Waals surface area contributed by atoms with Gasteiger partial charge in [0.25, 0.3) is 0 Å². The molecule has 1 atom stereocenters. The van der Waals surface area contributed by atoms with Crippen LogP contribution in [0.1, 0.15) is 10.4 Å². The third-order valence-corrected chi connectivity index (χ3v) is 1.93. The van der Waals surface area contributed by atoms with Gasteiger partial charge in [0.05, 0.1) is 12.2 Å². The Morgan fingerprint density at radius 2 is 2.43 bits per heavy atom. The fraction of sp³-hybridized carbons (Fsp3) is 0.300. The first-order valence-electron chi connectivity index (χ1n) is 4.29. The van der Waals surface area contributed by atoms with Gasteiger partial charge in [0, 0.05) is 0 Å². The molecule has 0 aromatic heterocycles. The van der Waals surface area contributed by atoms with Gasteiger partial charge in [-0.1, -0.05) is 0 Å². The summed E-state index contributed by atoms with van der Waals surface area (Å²) < 4.78 is 22.9. The Morgan fingerprint density at radius 3 is 3.07 bits per heavy atom. The molecule has 1 heterocycles. The molecule has 1 aliphatic rings. The molecule has 0 saturated carbocycles. The number of benzene rings is 1. The second kappa shape index (κ2) is 3.75. The van der Waals surface area contributed by atoms with Crippen LogP contribution in [0.5, 0.6) is 5.75 Å². The summed E-state index contributed by atoms with van der Waals surface area (Å²) in [6.07, 6.45) is 0.700. The van der Waals surface area contributed by atoms with E-state index in [1.54, 1.807) is 0 Å². The summed E-state index contributed by atoms with van der Waals surface area (Å²) in [5, 5.41) is 0. The predicted octanol–water partition coefficient (Wildman–Crippen LogP) is 1.42. The Kier molecular flexibility index (Phi) is 2.45. The smallest absolute Gasteiger partial charge is 0.153 e. The van der Waals surface area contributed by atoms with Gasteiger partial charge in [-0.25, -0.2) is 4.39 Å². The molecule has 4 heteroatoms. The SMILES string of the molecule is O=Cc1cc(F)ccc1OC[C@@H]1CO1. The van der Waals surface area contributed by atoms with E-state index in [0.717, 1.165) is 6.07 Å². The van der Waals surface area contributed by atoms with E-state index in [2.05, 4.69) is 0 Å². The Labute approximate surface area is 80.4 Å². The number of halogens is 1. The molecule has 1 aliphatic heterocycles. The zero-order valence-electron chi connectivity index (χ0n) is 7.40. The Morgan fingerprint density at radius 1 is 1.64 bits per heavy atom. The minimum atomic E-state index is -0.442. The summed E-state index contributed by atoms with van der Waals surface area (Å²) in [5.41, 5.74) is 0.227. The van der Waals surface area contributed by atoms with E-state index in [4.69, 9.17) is 9.47 Å². The van der Waals surface area contributed by atoms with Gasteiger partial charge in [0.15, 0.2) is 6.29 Å². The van der Waals surface area contributed by atoms with E-state index in [0.29, 0.717) is 25.2 Å². The Hall–Kier alpha value is -1.42. The van der Waals surface area contributed by atoms with Gasteiger partial charge in [-0.3, -0.25) is 4.79 Å². The molecule has 0 N–H and O–H groups in total. The molecule has 0 radical (unpaired) electrons. The van der Waals surface area contributed by atoms with Crippen LogP contribution >= 0.6 is 0 Å². The molecule has 0 spiro atoms. The Balaban J connectivity index is 2.09. The quantitative estimate of drug-likeness (QED) is 0.540. The van der Waals surface area contributed by atoms with Gasteiger partial charge >= 0.3 is 0 Å². The van der Waals surface area contributed by atoms with Crippen molar-refractivity contribution in [2.75, 3.05) is 13.2 Å². The highest BCUT2D eigenvalue weighted by atomic mass is 19.1. The maximum absolute atomic E-state index is 12.7. The van der Waals surface area contributed by atoms with Crippen molar-refractivity contribution in [2.24, 2.45) is 0 Å². The molecule has 74 valence electrons. The van der Waals surface area contributed by atoms with Gasteiger partial charge in [0.2, 0.25) is 0 Å². The van der Waals surface area contributed by atoms with Crippen LogP contribution < -0.4 is 4.74 Å². The van der Waals surface area contributed by atoms with Crippen molar-refractivity contribution < 1.29 is 18.7 Å². The average molecular weight is 196 g/mol. The van der Waals surface area contributed by atoms with E-state index >= 15 is 0 Å². The minimum Gasteiger partial charge on any atom is -0.490 e. The molecular weight excluding hydrogens is 187 g/mol. The molecule has 0 unspecified atom stereocenters. The molecule has 1 fully saturated rings. The summed E-state index contributed by atoms with van der Waals surface area (Å²) in [7, 11) is 0. The lowest BCUT2D eigenvalue weighted by molar-refractivity contribution is 0.111. The lowest BCUT2D eigenvalue weighted by atomic mass is 10.2. The number of carbonyl (C=O) groups is 1. The minimum absolute atomic E-state index is 0.125. The van der Waals surface area contributed by atoms with Crippen LogP contribution in [0.3, 0.4) is 0 Å². The van der Waals surface area contributed by atoms with Gasteiger partial charge in [-0.2, -0.15) is 0 Å². The lowest BCUT2D eigenvalue weighted by Gasteiger charge is -2.06. The molecule has 14 heavy (non-hydrogen) atoms. The van der Waals surface area contributed by atoms with E-state index in [1.165, 1.54) is 12.1 Å². The number of rotatable bonds is 4. The summed E-state index contributed by atoms with van der Waals surface area (Å²) >= 11 is 0. The maximum atomic E-state index is 12.7. The summed E-state index contributed by atoms with van der Waals surface area (Å²) in [6, 6.07) is 3.85. The summed E-state index contributed by atoms with van der Waals surface area (Å²) in [4.78, 5) is 10.6. The highest BCUT2D eigenvalue weighted by molar-refractivity contribution is 5.79. The standard InChI is InChI=1S/C10H9FO3/c11-8-1-2-10(7(3-8)4-12)14-6-9-5-13-9/h1-4,9H,5-6H2/t9-/m0/s1. The van der Waals surface area contributed by atoms with Crippen LogP contribution in [-0.2, 0) is 4.74 Å². The number of hydrogen-bond donors (Lipinski definition) is 0. The second-order valence-electron chi connectivity index (χ2n) is 3.07. The third kappa shape index (κ3) is 2.09. The van der Waals surface area contributed by atoms with E-state index in [9.17, 15) is 9.18 Å². The van der Waals surface area contributed by atoms with Gasteiger partial charge in [0.1, 0.15) is 24.3 Å². The van der Waals surface area contributed by atoms with Crippen LogP contribution in [0.4, 0.5) is 4.39 Å². The van der Waals surface area contributed by atoms with Crippen molar-refractivity contribution in [2.45, 2.75) is 6.10 Å². The maximum Gasteiger partial charge on any atom is 0.153 e. The van der Waals surface area contributed by atoms with Crippen LogP contribution in [0.2, 0.25) is 0 Å². The topological polar surface area (TPSA) is 38.8 Å². The number of epoxide rings is 1. The molecule has 3 nitrogen and oxygen atoms in total. The van der Waals surface area contributed by atoms with Gasteiger partial charge in [-0.15, -0.1) is 0 Å². The first-order chi connectivity index (χ1) is 6.79. The Bertz CT molecular complexity index is 347. The highest BCUT2D eigenvalue weighted by Crippen LogP contribution is 2.19. The van der Waals surface area contributed by atoms with Gasteiger partial charge in [-0.05, 0) is 18.2 Å². The average Bonchev–Trinajstić information content (AvgIpc) is 2.99. The largest absolute Gasteiger partial charge is 0.490 e. The predicted molar refractivity (Wildman–Crippen MR) is 47.0 cm³/mol. The lowest BCUT2D eigenvalue weighted by Crippen LogP contribution is -2.05. The van der Waals surface area contributed by atoms with Crippen molar-refractivity contribution in [1.82, 2.24) is 0 Å². The number of carbonyl (C=O) groups excluding carboxylic acids is 1. The zero-order valence-corrected chi connectivity index (χ0v) is 7.40. The normalized spacial score (nSPS) is 19.1. The fourth-order valence-corrected chi connectivity index (χ4v) is 1.09. The molecular formula is C10H9FO3. The van der Waals surface area contributed by atoms with Crippen LogP contribution in [-0.4, -0.2) is 25.6 Å². The van der Waals surface area contributed by atoms with E-state index in [-0.39, 0.29) is 11.7 Å². The first-order valence-corrected chi connectivity index (χ1v) is 4.29. The zero-order chi connectivity index (χ0) is 9.97. The number of hydrogen-bond acceptors (Lipinski definition) is 3. The van der Waals surface area contributed by atoms with Crippen molar-refractivity contribution in [3.8, 4) is 5.75 Å². The second-order valence-corrected chi connectivity index (χ2v) is 3.07. The van der Waals surface area contributed by atoms with Crippen molar-refractivity contribution in [3.63, 3.8) is 0 Å². The van der Waals surface area contributed by atoms with E-state index < -0.39 is 5.82 Å². The fourth-order valence-electron chi connectivity index (χ4n) is 1.09. The first kappa shape index (κ1) is 9.15. The van der Waals surface area contributed by atoms with Crippen LogP contribution in [0.25, 0.3) is 0 Å². The molecule has 1 aromatic rings. The third-order valence-electron chi connectivity index (χ3n) is 1.93. The molecule has 1 saturated heterocycles. The van der Waals surface area contributed by atoms with Crippen molar-refractivity contribution in [1.29, 1.82) is 0 Å². The van der Waals surface area contributed by atoms with Crippen molar-refractivity contribution in [3.05, 3.63) is 29.6 Å². The summed E-state index contributed by atoms with van der Waals surface area (Å²) in [6.45, 7) is 1.10. The molecule has 1 aromatic carbocycles. The number of aldehydes is 1. The van der Waals surface area contributed by atoms with Crippen molar-refractivity contribution >= 4 is 6.29 Å².